The number of carboxylic acids is 1. The van der Waals surface area contributed by atoms with Gasteiger partial charge in [-0.1, -0.05) is 18.2 Å². The number of aromatic nitrogens is 1. The number of carbonyl (C=O) groups is 1. The minimum atomic E-state index is -1.03. The first-order chi connectivity index (χ1) is 13.8. The predicted octanol–water partition coefficient (Wildman–Crippen LogP) is 4.76. The molecule has 0 amide bonds. The van der Waals surface area contributed by atoms with Crippen LogP contribution >= 0.6 is 0 Å². The van der Waals surface area contributed by atoms with Gasteiger partial charge >= 0.3 is 5.97 Å². The minimum absolute atomic E-state index is 0.00308. The Kier molecular flexibility index (Phi) is 5.28. The van der Waals surface area contributed by atoms with E-state index < -0.39 is 10.9 Å². The van der Waals surface area contributed by atoms with Crippen LogP contribution in [-0.4, -0.2) is 20.6 Å². The van der Waals surface area contributed by atoms with Crippen LogP contribution < -0.4 is 0 Å². The lowest BCUT2D eigenvalue weighted by molar-refractivity contribution is -0.384. The van der Waals surface area contributed by atoms with Gasteiger partial charge in [0.05, 0.1) is 27.8 Å². The highest BCUT2D eigenvalue weighted by molar-refractivity contribution is 5.92. The first kappa shape index (κ1) is 19.6. The summed E-state index contributed by atoms with van der Waals surface area (Å²) in [7, 11) is 0. The molecule has 3 rings (SSSR count). The molecule has 0 unspecified atom stereocenters. The Labute approximate surface area is 166 Å². The molecule has 0 radical (unpaired) electrons. The van der Waals surface area contributed by atoms with Crippen LogP contribution in [0, 0.1) is 35.3 Å². The molecule has 1 aromatic heterocycles. The SMILES string of the molecule is Cc1cc(/C=C(/C#N)c2ccc(C(=O)O)cc2)c(C)n1-c1cccc([N+](=O)[O-])c1. The molecule has 0 fully saturated rings. The summed E-state index contributed by atoms with van der Waals surface area (Å²) < 4.78 is 1.89. The Balaban J connectivity index is 2.05. The lowest BCUT2D eigenvalue weighted by atomic mass is 10.0. The van der Waals surface area contributed by atoms with Crippen LogP contribution in [0.5, 0.6) is 0 Å². The Morgan fingerprint density at radius 2 is 1.79 bits per heavy atom. The highest BCUT2D eigenvalue weighted by Crippen LogP contribution is 2.27. The fourth-order valence-electron chi connectivity index (χ4n) is 3.20. The Bertz CT molecular complexity index is 1180. The third kappa shape index (κ3) is 3.92. The van der Waals surface area contributed by atoms with E-state index in [0.717, 1.165) is 17.0 Å². The number of aromatic carboxylic acids is 1. The van der Waals surface area contributed by atoms with Gasteiger partial charge in [0.25, 0.3) is 5.69 Å². The van der Waals surface area contributed by atoms with E-state index in [2.05, 4.69) is 6.07 Å². The molecule has 7 nitrogen and oxygen atoms in total. The van der Waals surface area contributed by atoms with E-state index in [4.69, 9.17) is 5.11 Å². The van der Waals surface area contributed by atoms with Gasteiger partial charge in [0, 0.05) is 23.5 Å². The Morgan fingerprint density at radius 3 is 2.38 bits per heavy atom. The zero-order valence-electron chi connectivity index (χ0n) is 15.8. The number of allylic oxidation sites excluding steroid dienone is 1. The fraction of sp³-hybridized carbons (Fsp3) is 0.0909. The van der Waals surface area contributed by atoms with Crippen molar-refractivity contribution in [1.82, 2.24) is 4.57 Å². The lowest BCUT2D eigenvalue weighted by Crippen LogP contribution is -2.00. The number of benzene rings is 2. The number of aryl methyl sites for hydroxylation is 1. The topological polar surface area (TPSA) is 109 Å². The van der Waals surface area contributed by atoms with Crippen LogP contribution in [-0.2, 0) is 0 Å². The number of non-ortho nitro benzene ring substituents is 1. The predicted molar refractivity (Wildman–Crippen MR) is 109 cm³/mol. The zero-order chi connectivity index (χ0) is 21.1. The van der Waals surface area contributed by atoms with Crippen molar-refractivity contribution in [3.8, 4) is 11.8 Å². The van der Waals surface area contributed by atoms with Crippen molar-refractivity contribution in [2.75, 3.05) is 0 Å². The van der Waals surface area contributed by atoms with Gasteiger partial charge in [-0.25, -0.2) is 4.79 Å². The molecule has 0 aliphatic heterocycles. The third-order valence-corrected chi connectivity index (χ3v) is 4.63. The van der Waals surface area contributed by atoms with Gasteiger partial charge in [0.1, 0.15) is 0 Å². The summed E-state index contributed by atoms with van der Waals surface area (Å²) in [5.41, 5.74) is 4.31. The average Bonchev–Trinajstić information content (AvgIpc) is 2.99. The van der Waals surface area contributed by atoms with Crippen LogP contribution in [0.15, 0.2) is 54.6 Å². The van der Waals surface area contributed by atoms with E-state index in [1.54, 1.807) is 30.3 Å². The molecule has 0 aliphatic carbocycles. The van der Waals surface area contributed by atoms with Crippen molar-refractivity contribution in [1.29, 1.82) is 5.26 Å². The van der Waals surface area contributed by atoms with E-state index in [0.29, 0.717) is 16.8 Å². The Hall–Kier alpha value is -4.18. The summed E-state index contributed by atoms with van der Waals surface area (Å²) >= 11 is 0. The van der Waals surface area contributed by atoms with Crippen LogP contribution in [0.3, 0.4) is 0 Å². The van der Waals surface area contributed by atoms with Crippen molar-refractivity contribution in [2.45, 2.75) is 13.8 Å². The third-order valence-electron chi connectivity index (χ3n) is 4.63. The van der Waals surface area contributed by atoms with Crippen molar-refractivity contribution in [2.24, 2.45) is 0 Å². The monoisotopic (exact) mass is 387 g/mol. The second-order valence-electron chi connectivity index (χ2n) is 6.49. The number of nitro benzene ring substituents is 1. The molecule has 1 heterocycles. The molecule has 0 saturated carbocycles. The molecule has 0 aliphatic rings. The maximum absolute atomic E-state index is 11.1. The molecule has 29 heavy (non-hydrogen) atoms. The van der Waals surface area contributed by atoms with E-state index in [1.807, 2.05) is 24.5 Å². The maximum Gasteiger partial charge on any atom is 0.335 e. The van der Waals surface area contributed by atoms with Crippen LogP contribution in [0.25, 0.3) is 17.3 Å². The summed E-state index contributed by atoms with van der Waals surface area (Å²) in [5, 5.41) is 29.7. The maximum atomic E-state index is 11.1. The average molecular weight is 387 g/mol. The highest BCUT2D eigenvalue weighted by atomic mass is 16.6. The molecule has 2 aromatic carbocycles. The summed E-state index contributed by atoms with van der Waals surface area (Å²) in [5.74, 6) is -1.03. The number of hydrogen-bond acceptors (Lipinski definition) is 4. The van der Waals surface area contributed by atoms with E-state index >= 15 is 0 Å². The minimum Gasteiger partial charge on any atom is -0.478 e. The molecule has 7 heteroatoms. The normalized spacial score (nSPS) is 11.1. The summed E-state index contributed by atoms with van der Waals surface area (Å²) in [6, 6.07) is 16.5. The summed E-state index contributed by atoms with van der Waals surface area (Å²) in [4.78, 5) is 21.6. The molecule has 144 valence electrons. The largest absolute Gasteiger partial charge is 0.478 e. The van der Waals surface area contributed by atoms with E-state index in [-0.39, 0.29) is 11.3 Å². The fourth-order valence-corrected chi connectivity index (χ4v) is 3.20. The summed E-state index contributed by atoms with van der Waals surface area (Å²) in [6.45, 7) is 3.76. The second-order valence-corrected chi connectivity index (χ2v) is 6.49. The molecule has 3 aromatic rings. The van der Waals surface area contributed by atoms with Crippen LogP contribution in [0.4, 0.5) is 5.69 Å². The zero-order valence-corrected chi connectivity index (χ0v) is 15.8. The van der Waals surface area contributed by atoms with E-state index in [9.17, 15) is 20.2 Å². The standard InChI is InChI=1S/C22H17N3O4/c1-14-10-18(11-19(13-23)16-6-8-17(9-7-16)22(26)27)15(2)24(14)20-4-3-5-21(12-20)25(28)29/h3-12H,1-2H3,(H,26,27)/b19-11-. The highest BCUT2D eigenvalue weighted by Gasteiger charge is 2.14. The van der Waals surface area contributed by atoms with Crippen molar-refractivity contribution < 1.29 is 14.8 Å². The van der Waals surface area contributed by atoms with Crippen molar-refractivity contribution in [3.63, 3.8) is 0 Å². The molecule has 0 bridgehead atoms. The molecule has 0 spiro atoms. The molecular weight excluding hydrogens is 370 g/mol. The number of carboxylic acid groups (broad SMARTS) is 1. The second kappa shape index (κ2) is 7.82. The Morgan fingerprint density at radius 1 is 1.14 bits per heavy atom. The smallest absolute Gasteiger partial charge is 0.335 e. The van der Waals surface area contributed by atoms with Gasteiger partial charge < -0.3 is 9.67 Å². The summed E-state index contributed by atoms with van der Waals surface area (Å²) in [6.07, 6.45) is 1.73. The van der Waals surface area contributed by atoms with Gasteiger partial charge in [-0.15, -0.1) is 0 Å². The van der Waals surface area contributed by atoms with Gasteiger partial charge in [0.2, 0.25) is 0 Å². The van der Waals surface area contributed by atoms with Gasteiger partial charge in [-0.05, 0) is 55.3 Å². The van der Waals surface area contributed by atoms with Crippen molar-refractivity contribution in [3.05, 3.63) is 92.8 Å². The van der Waals surface area contributed by atoms with Gasteiger partial charge in [-0.2, -0.15) is 5.26 Å². The molecule has 1 N–H and O–H groups in total. The molecular formula is C22H17N3O4. The number of nitrogens with zero attached hydrogens (tertiary/aromatic N) is 3. The molecule has 0 atom stereocenters. The first-order valence-electron chi connectivity index (χ1n) is 8.71. The first-order valence-corrected chi connectivity index (χ1v) is 8.71. The molecule has 0 saturated heterocycles. The van der Waals surface area contributed by atoms with E-state index in [1.165, 1.54) is 24.3 Å². The quantitative estimate of drug-likeness (QED) is 0.385. The van der Waals surface area contributed by atoms with Gasteiger partial charge in [-0.3, -0.25) is 10.1 Å². The number of nitriles is 1. The number of hydrogen-bond donors (Lipinski definition) is 1. The number of nitro groups is 1. The van der Waals surface area contributed by atoms with Gasteiger partial charge in [0.15, 0.2) is 0 Å². The van der Waals surface area contributed by atoms with Crippen LogP contribution in [0.1, 0.15) is 32.9 Å². The van der Waals surface area contributed by atoms with Crippen molar-refractivity contribution >= 4 is 23.3 Å². The lowest BCUT2D eigenvalue weighted by Gasteiger charge is -2.09. The van der Waals surface area contributed by atoms with Crippen LogP contribution in [0.2, 0.25) is 0 Å². The number of rotatable bonds is 5.